The van der Waals surface area contributed by atoms with E-state index >= 15 is 0 Å². The summed E-state index contributed by atoms with van der Waals surface area (Å²) in [6.45, 7) is 1.42. The normalized spacial score (nSPS) is 10.9. The molecule has 1 heterocycles. The molecule has 182 valence electrons. The van der Waals surface area contributed by atoms with Gasteiger partial charge < -0.3 is 19.4 Å². The molecular formula is C28H30BrN3O3. The predicted octanol–water partition coefficient (Wildman–Crippen LogP) is 6.01. The second-order valence-corrected chi connectivity index (χ2v) is 9.28. The maximum atomic E-state index is 12.5. The fourth-order valence-corrected chi connectivity index (χ4v) is 4.40. The van der Waals surface area contributed by atoms with Gasteiger partial charge in [0.2, 0.25) is 0 Å². The van der Waals surface area contributed by atoms with Crippen molar-refractivity contribution in [3.05, 3.63) is 88.2 Å². The van der Waals surface area contributed by atoms with Crippen LogP contribution in [0.15, 0.2) is 71.2 Å². The fraction of sp³-hybridized carbons (Fsp3) is 0.286. The highest BCUT2D eigenvalue weighted by Gasteiger charge is 2.12. The van der Waals surface area contributed by atoms with E-state index in [0.717, 1.165) is 53.6 Å². The first-order valence-corrected chi connectivity index (χ1v) is 12.6. The van der Waals surface area contributed by atoms with Gasteiger partial charge in [0.15, 0.2) is 11.5 Å². The van der Waals surface area contributed by atoms with Crippen LogP contribution in [0.5, 0.6) is 11.5 Å². The number of amides is 1. The number of benzene rings is 3. The zero-order valence-electron chi connectivity index (χ0n) is 20.1. The Balaban J connectivity index is 1.30. The average molecular weight is 536 g/mol. The molecule has 0 fully saturated rings. The Kier molecular flexibility index (Phi) is 8.42. The fourth-order valence-electron chi connectivity index (χ4n) is 4.13. The van der Waals surface area contributed by atoms with Gasteiger partial charge in [-0.2, -0.15) is 0 Å². The number of carbonyl (C=O) groups is 1. The number of nitrogens with one attached hydrogen (secondary N) is 1. The monoisotopic (exact) mass is 535 g/mol. The maximum Gasteiger partial charge on any atom is 0.251 e. The predicted molar refractivity (Wildman–Crippen MR) is 142 cm³/mol. The number of ether oxygens (including phenoxy) is 2. The van der Waals surface area contributed by atoms with E-state index in [1.54, 1.807) is 32.4 Å². The van der Waals surface area contributed by atoms with Gasteiger partial charge in [-0.3, -0.25) is 4.79 Å². The highest BCUT2D eigenvalue weighted by Crippen LogP contribution is 2.27. The molecule has 1 N–H and O–H groups in total. The van der Waals surface area contributed by atoms with E-state index in [-0.39, 0.29) is 5.91 Å². The molecule has 0 saturated heterocycles. The van der Waals surface area contributed by atoms with Gasteiger partial charge >= 0.3 is 0 Å². The number of methoxy groups -OCH3 is 2. The van der Waals surface area contributed by atoms with Crippen molar-refractivity contribution < 1.29 is 14.3 Å². The number of nitrogens with zero attached hydrogens (tertiary/aromatic N) is 2. The Labute approximate surface area is 214 Å². The molecule has 0 aliphatic rings. The summed E-state index contributed by atoms with van der Waals surface area (Å²) in [5.74, 6) is 2.15. The lowest BCUT2D eigenvalue weighted by atomic mass is 10.1. The number of para-hydroxylation sites is 2. The van der Waals surface area contributed by atoms with Gasteiger partial charge in [-0.05, 0) is 60.9 Å². The van der Waals surface area contributed by atoms with Gasteiger partial charge in [0.05, 0.1) is 25.3 Å². The van der Waals surface area contributed by atoms with Crippen molar-refractivity contribution in [2.75, 3.05) is 20.8 Å². The van der Waals surface area contributed by atoms with Crippen molar-refractivity contribution >= 4 is 32.9 Å². The van der Waals surface area contributed by atoms with Crippen LogP contribution in [0.4, 0.5) is 0 Å². The van der Waals surface area contributed by atoms with Crippen molar-refractivity contribution in [3.8, 4) is 11.5 Å². The molecule has 0 saturated carbocycles. The van der Waals surface area contributed by atoms with Gasteiger partial charge in [-0.1, -0.05) is 46.6 Å². The lowest BCUT2D eigenvalue weighted by Crippen LogP contribution is -2.24. The molecule has 3 aromatic carbocycles. The van der Waals surface area contributed by atoms with Crippen LogP contribution in [0, 0.1) is 0 Å². The Morgan fingerprint density at radius 1 is 0.943 bits per heavy atom. The smallest absolute Gasteiger partial charge is 0.251 e. The summed E-state index contributed by atoms with van der Waals surface area (Å²) in [6, 6.07) is 21.9. The van der Waals surface area contributed by atoms with Crippen LogP contribution in [-0.2, 0) is 13.0 Å². The molecule has 0 aliphatic carbocycles. The summed E-state index contributed by atoms with van der Waals surface area (Å²) in [5.41, 5.74) is 3.99. The lowest BCUT2D eigenvalue weighted by Gasteiger charge is -2.11. The highest BCUT2D eigenvalue weighted by atomic mass is 79.9. The zero-order valence-corrected chi connectivity index (χ0v) is 21.7. The molecule has 0 radical (unpaired) electrons. The number of carbonyl (C=O) groups excluding carboxylic acids is 1. The Morgan fingerprint density at radius 2 is 1.71 bits per heavy atom. The van der Waals surface area contributed by atoms with Crippen LogP contribution < -0.4 is 14.8 Å². The first-order chi connectivity index (χ1) is 17.1. The van der Waals surface area contributed by atoms with Crippen molar-refractivity contribution in [1.82, 2.24) is 14.9 Å². The maximum absolute atomic E-state index is 12.5. The number of rotatable bonds is 11. The molecule has 35 heavy (non-hydrogen) atoms. The summed E-state index contributed by atoms with van der Waals surface area (Å²) < 4.78 is 13.9. The molecule has 1 aromatic heterocycles. The van der Waals surface area contributed by atoms with Crippen molar-refractivity contribution in [1.29, 1.82) is 0 Å². The third-order valence-electron chi connectivity index (χ3n) is 6.00. The first-order valence-electron chi connectivity index (χ1n) is 11.8. The third-order valence-corrected chi connectivity index (χ3v) is 6.52. The van der Waals surface area contributed by atoms with Crippen molar-refractivity contribution in [2.24, 2.45) is 0 Å². The van der Waals surface area contributed by atoms with Gasteiger partial charge in [0, 0.05) is 29.5 Å². The summed E-state index contributed by atoms with van der Waals surface area (Å²) in [6.07, 6.45) is 3.82. The van der Waals surface area contributed by atoms with Crippen LogP contribution in [-0.4, -0.2) is 36.2 Å². The molecule has 0 unspecified atom stereocenters. The highest BCUT2D eigenvalue weighted by molar-refractivity contribution is 9.10. The number of aromatic nitrogens is 2. The SMILES string of the molecule is COc1ccc(C(=O)NCCCCCc2nc3ccccc3n2Cc2ccc(Br)cc2)cc1OC. The zero-order chi connectivity index (χ0) is 24.6. The topological polar surface area (TPSA) is 65.4 Å². The molecule has 4 aromatic rings. The lowest BCUT2D eigenvalue weighted by molar-refractivity contribution is 0.0952. The largest absolute Gasteiger partial charge is 0.493 e. The van der Waals surface area contributed by atoms with Crippen LogP contribution >= 0.6 is 15.9 Å². The number of hydrogen-bond donors (Lipinski definition) is 1. The van der Waals surface area contributed by atoms with Gasteiger partial charge in [-0.25, -0.2) is 4.98 Å². The minimum Gasteiger partial charge on any atom is -0.493 e. The van der Waals surface area contributed by atoms with Crippen LogP contribution in [0.25, 0.3) is 11.0 Å². The number of halogens is 1. The van der Waals surface area contributed by atoms with Crippen LogP contribution in [0.1, 0.15) is 41.0 Å². The van der Waals surface area contributed by atoms with E-state index < -0.39 is 0 Å². The number of aryl methyl sites for hydroxylation is 1. The van der Waals surface area contributed by atoms with E-state index in [4.69, 9.17) is 14.5 Å². The summed E-state index contributed by atoms with van der Waals surface area (Å²) in [5, 5.41) is 3.00. The Hall–Kier alpha value is -3.32. The molecule has 0 aliphatic heterocycles. The number of fused-ring (bicyclic) bond motifs is 1. The van der Waals surface area contributed by atoms with Gasteiger partial charge in [0.25, 0.3) is 5.91 Å². The quantitative estimate of drug-likeness (QED) is 0.239. The molecule has 4 rings (SSSR count). The Bertz CT molecular complexity index is 1280. The second-order valence-electron chi connectivity index (χ2n) is 8.37. The molecule has 0 bridgehead atoms. The molecule has 1 amide bonds. The number of imidazole rings is 1. The number of unbranched alkanes of at least 4 members (excludes halogenated alkanes) is 2. The molecule has 0 atom stereocenters. The summed E-state index contributed by atoms with van der Waals surface area (Å²) in [7, 11) is 3.14. The van der Waals surface area contributed by atoms with Crippen LogP contribution in [0.3, 0.4) is 0 Å². The Morgan fingerprint density at radius 3 is 2.49 bits per heavy atom. The second kappa shape index (κ2) is 11.9. The van der Waals surface area contributed by atoms with E-state index in [2.05, 4.69) is 68.3 Å². The average Bonchev–Trinajstić information content (AvgIpc) is 3.23. The standard InChI is InChI=1S/C28H30BrN3O3/c1-34-25-16-13-21(18-26(25)35-2)28(33)30-17-7-3-4-10-27-31-23-8-5-6-9-24(23)32(27)19-20-11-14-22(29)15-12-20/h5-6,8-9,11-16,18H,3-4,7,10,17,19H2,1-2H3,(H,30,33). The third kappa shape index (κ3) is 6.22. The molecule has 7 heteroatoms. The molecule has 0 spiro atoms. The minimum atomic E-state index is -0.109. The summed E-state index contributed by atoms with van der Waals surface area (Å²) >= 11 is 3.51. The molecule has 6 nitrogen and oxygen atoms in total. The summed E-state index contributed by atoms with van der Waals surface area (Å²) in [4.78, 5) is 17.4. The van der Waals surface area contributed by atoms with E-state index in [1.165, 1.54) is 5.56 Å². The van der Waals surface area contributed by atoms with Crippen molar-refractivity contribution in [2.45, 2.75) is 32.2 Å². The van der Waals surface area contributed by atoms with Crippen LogP contribution in [0.2, 0.25) is 0 Å². The van der Waals surface area contributed by atoms with E-state index in [1.807, 2.05) is 6.07 Å². The number of hydrogen-bond acceptors (Lipinski definition) is 4. The van der Waals surface area contributed by atoms with Crippen molar-refractivity contribution in [3.63, 3.8) is 0 Å². The van der Waals surface area contributed by atoms with E-state index in [9.17, 15) is 4.79 Å². The first kappa shape index (κ1) is 24.8. The minimum absolute atomic E-state index is 0.109. The van der Waals surface area contributed by atoms with Gasteiger partial charge in [0.1, 0.15) is 5.82 Å². The van der Waals surface area contributed by atoms with Gasteiger partial charge in [-0.15, -0.1) is 0 Å². The van der Waals surface area contributed by atoms with E-state index in [0.29, 0.717) is 23.6 Å². The molecular weight excluding hydrogens is 506 g/mol.